The second kappa shape index (κ2) is 8.42. The molecular formula is C10H21N2O4P. The number of aromatic nitrogens is 2. The van der Waals surface area contributed by atoms with Crippen molar-refractivity contribution in [3.63, 3.8) is 0 Å². The van der Waals surface area contributed by atoms with Crippen LogP contribution >= 0.6 is 7.82 Å². The molecule has 1 aromatic heterocycles. The lowest BCUT2D eigenvalue weighted by molar-refractivity contribution is -0.677. The Morgan fingerprint density at radius 3 is 2.12 bits per heavy atom. The van der Waals surface area contributed by atoms with Crippen molar-refractivity contribution in [2.75, 3.05) is 13.2 Å². The number of hydrogen-bond donors (Lipinski definition) is 1. The fraction of sp³-hybridized carbons (Fsp3) is 0.700. The summed E-state index contributed by atoms with van der Waals surface area (Å²) in [4.78, 5) is 13.5. The van der Waals surface area contributed by atoms with Crippen molar-refractivity contribution in [2.45, 2.75) is 27.2 Å². The number of phosphoric acid groups is 1. The third-order valence-electron chi connectivity index (χ3n) is 1.88. The van der Waals surface area contributed by atoms with Crippen molar-refractivity contribution >= 4 is 7.82 Å². The third-order valence-corrected chi connectivity index (χ3v) is 3.03. The summed E-state index contributed by atoms with van der Waals surface area (Å²) >= 11 is 0. The van der Waals surface area contributed by atoms with E-state index in [4.69, 9.17) is 0 Å². The molecule has 0 aliphatic heterocycles. The molecule has 1 heterocycles. The minimum Gasteiger partial charge on any atom is -0.756 e. The van der Waals surface area contributed by atoms with Crippen LogP contribution in [0.2, 0.25) is 0 Å². The Morgan fingerprint density at radius 1 is 1.35 bits per heavy atom. The van der Waals surface area contributed by atoms with Crippen LogP contribution in [0.5, 0.6) is 0 Å². The zero-order chi connectivity index (χ0) is 13.3. The van der Waals surface area contributed by atoms with Crippen LogP contribution < -0.4 is 9.46 Å². The molecule has 0 amide bonds. The van der Waals surface area contributed by atoms with Gasteiger partial charge < -0.3 is 13.9 Å². The SMILES string of the molecule is CCOP(=O)([O-])OCC.CCc1[nH]cc[n+]1C. The van der Waals surface area contributed by atoms with Gasteiger partial charge in [-0.15, -0.1) is 0 Å². The Kier molecular flexibility index (Phi) is 8.08. The van der Waals surface area contributed by atoms with Crippen molar-refractivity contribution in [1.82, 2.24) is 4.98 Å². The minimum absolute atomic E-state index is 0.126. The van der Waals surface area contributed by atoms with Gasteiger partial charge in [-0.25, -0.2) is 9.55 Å². The first-order chi connectivity index (χ1) is 7.96. The van der Waals surface area contributed by atoms with E-state index in [1.54, 1.807) is 13.8 Å². The summed E-state index contributed by atoms with van der Waals surface area (Å²) in [5.74, 6) is 1.27. The molecule has 1 aromatic rings. The maximum Gasteiger partial charge on any atom is 0.267 e. The first-order valence-electron chi connectivity index (χ1n) is 5.58. The van der Waals surface area contributed by atoms with Crippen molar-refractivity contribution < 1.29 is 23.1 Å². The largest absolute Gasteiger partial charge is 0.756 e. The van der Waals surface area contributed by atoms with E-state index < -0.39 is 7.82 Å². The second-order valence-electron chi connectivity index (χ2n) is 3.15. The zero-order valence-corrected chi connectivity index (χ0v) is 11.7. The van der Waals surface area contributed by atoms with Gasteiger partial charge in [-0.05, 0) is 13.8 Å². The fourth-order valence-corrected chi connectivity index (χ4v) is 1.85. The molecule has 0 unspecified atom stereocenters. The maximum atomic E-state index is 10.4. The van der Waals surface area contributed by atoms with Gasteiger partial charge in [-0.2, -0.15) is 0 Å². The van der Waals surface area contributed by atoms with E-state index in [-0.39, 0.29) is 13.2 Å². The molecule has 0 radical (unpaired) electrons. The van der Waals surface area contributed by atoms with Crippen LogP contribution in [0.1, 0.15) is 26.6 Å². The lowest BCUT2D eigenvalue weighted by atomic mass is 10.5. The van der Waals surface area contributed by atoms with Gasteiger partial charge in [0.25, 0.3) is 13.6 Å². The lowest BCUT2D eigenvalue weighted by Gasteiger charge is -2.20. The van der Waals surface area contributed by atoms with E-state index in [1.807, 2.05) is 19.4 Å². The van der Waals surface area contributed by atoms with E-state index in [0.29, 0.717) is 0 Å². The molecule has 0 saturated heterocycles. The van der Waals surface area contributed by atoms with Crippen LogP contribution in [0.25, 0.3) is 0 Å². The molecule has 100 valence electrons. The standard InChI is InChI=1S/C6H10N2.C4H11O4P/c1-3-6-7-4-5-8(6)2;1-3-7-9(5,6)8-4-2/h4-5H,3H2,1-2H3;3-4H2,1-2H3,(H,5,6). The molecular weight excluding hydrogens is 243 g/mol. The number of aromatic amines is 1. The molecule has 0 spiro atoms. The second-order valence-corrected chi connectivity index (χ2v) is 4.56. The number of phosphoric ester groups is 1. The van der Waals surface area contributed by atoms with Crippen LogP contribution in [0, 0.1) is 0 Å². The van der Waals surface area contributed by atoms with E-state index in [2.05, 4.69) is 25.5 Å². The van der Waals surface area contributed by atoms with Crippen LogP contribution in [-0.4, -0.2) is 18.2 Å². The summed E-state index contributed by atoms with van der Waals surface area (Å²) in [7, 11) is -1.91. The summed E-state index contributed by atoms with van der Waals surface area (Å²) in [6.07, 6.45) is 5.03. The number of nitrogens with one attached hydrogen (secondary N) is 1. The quantitative estimate of drug-likeness (QED) is 0.634. The van der Waals surface area contributed by atoms with E-state index in [9.17, 15) is 9.46 Å². The Bertz CT molecular complexity index is 344. The molecule has 1 rings (SSSR count). The molecule has 0 aliphatic rings. The highest BCUT2D eigenvalue weighted by Gasteiger charge is 2.04. The first kappa shape index (κ1) is 16.3. The average molecular weight is 264 g/mol. The Hall–Kier alpha value is -0.680. The molecule has 0 aliphatic carbocycles. The van der Waals surface area contributed by atoms with Gasteiger partial charge in [0.1, 0.15) is 12.4 Å². The summed E-state index contributed by atoms with van der Waals surface area (Å²) in [5.41, 5.74) is 0. The molecule has 6 nitrogen and oxygen atoms in total. The van der Waals surface area contributed by atoms with E-state index in [1.165, 1.54) is 5.82 Å². The molecule has 0 atom stereocenters. The fourth-order valence-electron chi connectivity index (χ4n) is 1.14. The number of aryl methyl sites for hydroxylation is 2. The van der Waals surface area contributed by atoms with Crippen molar-refractivity contribution in [1.29, 1.82) is 0 Å². The van der Waals surface area contributed by atoms with Crippen molar-refractivity contribution in [3.05, 3.63) is 18.2 Å². The molecule has 0 bridgehead atoms. The van der Waals surface area contributed by atoms with Crippen molar-refractivity contribution in [2.24, 2.45) is 7.05 Å². The molecule has 17 heavy (non-hydrogen) atoms. The third kappa shape index (κ3) is 7.28. The van der Waals surface area contributed by atoms with Gasteiger partial charge >= 0.3 is 0 Å². The van der Waals surface area contributed by atoms with Gasteiger partial charge in [0, 0.05) is 6.42 Å². The predicted molar refractivity (Wildman–Crippen MR) is 62.2 cm³/mol. The van der Waals surface area contributed by atoms with Gasteiger partial charge in [-0.3, -0.25) is 4.57 Å². The first-order valence-corrected chi connectivity index (χ1v) is 7.04. The highest BCUT2D eigenvalue weighted by molar-refractivity contribution is 7.45. The number of hydrogen-bond acceptors (Lipinski definition) is 4. The Labute approximate surface area is 102 Å². The number of imidazole rings is 1. The van der Waals surface area contributed by atoms with Crippen LogP contribution in [0.15, 0.2) is 12.4 Å². The number of nitrogens with zero attached hydrogens (tertiary/aromatic N) is 1. The summed E-state index contributed by atoms with van der Waals surface area (Å²) in [6.45, 7) is 5.56. The maximum absolute atomic E-state index is 10.4. The summed E-state index contributed by atoms with van der Waals surface area (Å²) in [6, 6.07) is 0. The van der Waals surface area contributed by atoms with Gasteiger partial charge in [0.15, 0.2) is 0 Å². The number of H-pyrrole nitrogens is 1. The van der Waals surface area contributed by atoms with E-state index >= 15 is 0 Å². The van der Waals surface area contributed by atoms with Crippen LogP contribution in [0.4, 0.5) is 0 Å². The molecule has 0 fully saturated rings. The Morgan fingerprint density at radius 2 is 1.88 bits per heavy atom. The summed E-state index contributed by atoms with van der Waals surface area (Å²) in [5, 5.41) is 0. The minimum atomic E-state index is -3.94. The zero-order valence-electron chi connectivity index (χ0n) is 10.8. The Balaban J connectivity index is 0.000000302. The monoisotopic (exact) mass is 264 g/mol. The summed E-state index contributed by atoms with van der Waals surface area (Å²) < 4.78 is 21.0. The highest BCUT2D eigenvalue weighted by atomic mass is 31.2. The van der Waals surface area contributed by atoms with Gasteiger partial charge in [0.05, 0.1) is 20.3 Å². The predicted octanol–water partition coefficient (Wildman–Crippen LogP) is 0.929. The lowest BCUT2D eigenvalue weighted by Crippen LogP contribution is -2.29. The number of rotatable bonds is 5. The van der Waals surface area contributed by atoms with Gasteiger partial charge in [-0.1, -0.05) is 6.92 Å². The highest BCUT2D eigenvalue weighted by Crippen LogP contribution is 2.37. The topological polar surface area (TPSA) is 78.3 Å². The van der Waals surface area contributed by atoms with Gasteiger partial charge in [0.2, 0.25) is 0 Å². The molecule has 7 heteroatoms. The average Bonchev–Trinajstić information content (AvgIpc) is 2.64. The van der Waals surface area contributed by atoms with E-state index in [0.717, 1.165) is 6.42 Å². The molecule has 0 saturated carbocycles. The molecule has 1 N–H and O–H groups in total. The van der Waals surface area contributed by atoms with Crippen LogP contribution in [0.3, 0.4) is 0 Å². The smallest absolute Gasteiger partial charge is 0.267 e. The van der Waals surface area contributed by atoms with Crippen LogP contribution in [-0.2, 0) is 27.1 Å². The normalized spacial score (nSPS) is 10.9. The van der Waals surface area contributed by atoms with Crippen molar-refractivity contribution in [3.8, 4) is 0 Å². The molecule has 0 aromatic carbocycles.